The summed E-state index contributed by atoms with van der Waals surface area (Å²) in [5, 5.41) is 0.589. The van der Waals surface area contributed by atoms with Crippen molar-refractivity contribution in [1.29, 1.82) is 0 Å². The third-order valence-electron chi connectivity index (χ3n) is 2.61. The molecule has 0 saturated heterocycles. The van der Waals surface area contributed by atoms with Gasteiger partial charge in [0.1, 0.15) is 0 Å². The summed E-state index contributed by atoms with van der Waals surface area (Å²) >= 11 is 2.38. The predicted octanol–water partition coefficient (Wildman–Crippen LogP) is 2.55. The second-order valence-electron chi connectivity index (χ2n) is 3.57. The Morgan fingerprint density at radius 3 is 1.50 bits per heavy atom. The monoisotopic (exact) mass is 316 g/mol. The molecular formula is C12H12O6S2. The van der Waals surface area contributed by atoms with Crippen LogP contribution in [0.3, 0.4) is 0 Å². The first-order valence-electron chi connectivity index (χ1n) is 5.42. The van der Waals surface area contributed by atoms with Gasteiger partial charge in [-0.05, 0) is 0 Å². The Hall–Kier alpha value is -1.80. The van der Waals surface area contributed by atoms with Gasteiger partial charge in [-0.15, -0.1) is 22.7 Å². The molecule has 0 amide bonds. The van der Waals surface area contributed by atoms with Crippen molar-refractivity contribution < 1.29 is 28.5 Å². The van der Waals surface area contributed by atoms with Crippen LogP contribution in [0.25, 0.3) is 9.40 Å². The van der Waals surface area contributed by atoms with Gasteiger partial charge in [0.15, 0.2) is 21.3 Å². The van der Waals surface area contributed by atoms with E-state index in [0.717, 1.165) is 4.01 Å². The number of fused-ring (bicyclic) bond motifs is 1. The summed E-state index contributed by atoms with van der Waals surface area (Å²) in [6.07, 6.45) is 0. The molecule has 2 rings (SSSR count). The first-order chi connectivity index (χ1) is 9.58. The molecule has 2 aromatic rings. The van der Waals surface area contributed by atoms with Crippen LogP contribution in [0.2, 0.25) is 0 Å². The second kappa shape index (κ2) is 5.68. The van der Waals surface area contributed by atoms with Gasteiger partial charge in [0.25, 0.3) is 0 Å². The van der Waals surface area contributed by atoms with E-state index in [1.807, 2.05) is 0 Å². The molecule has 2 heterocycles. The van der Waals surface area contributed by atoms with Crippen molar-refractivity contribution in [2.75, 3.05) is 28.4 Å². The number of thiophene rings is 2. The summed E-state index contributed by atoms with van der Waals surface area (Å²) in [6, 6.07) is 0. The minimum absolute atomic E-state index is 0.339. The molecule has 0 aromatic carbocycles. The summed E-state index contributed by atoms with van der Waals surface area (Å²) < 4.78 is 20.7. The first-order valence-corrected chi connectivity index (χ1v) is 7.06. The molecule has 0 fully saturated rings. The number of rotatable bonds is 4. The Balaban J connectivity index is 2.73. The SMILES string of the molecule is COC(=O)c1sc2sc(C(=O)OC)c(OC)c2c1OC. The maximum absolute atomic E-state index is 11.7. The molecule has 0 saturated carbocycles. The minimum atomic E-state index is -0.489. The van der Waals surface area contributed by atoms with Crippen LogP contribution in [-0.2, 0) is 9.47 Å². The van der Waals surface area contributed by atoms with Crippen LogP contribution in [0.1, 0.15) is 19.3 Å². The Kier molecular flexibility index (Phi) is 4.15. The molecule has 108 valence electrons. The van der Waals surface area contributed by atoms with Gasteiger partial charge in [-0.2, -0.15) is 0 Å². The molecule has 8 heteroatoms. The average molecular weight is 316 g/mol. The van der Waals surface area contributed by atoms with Crippen LogP contribution in [0.15, 0.2) is 0 Å². The largest absolute Gasteiger partial charge is 0.494 e. The Morgan fingerprint density at radius 2 is 1.20 bits per heavy atom. The van der Waals surface area contributed by atoms with E-state index in [1.165, 1.54) is 51.1 Å². The molecule has 20 heavy (non-hydrogen) atoms. The molecule has 0 radical (unpaired) electrons. The fourth-order valence-electron chi connectivity index (χ4n) is 1.76. The lowest BCUT2D eigenvalue weighted by molar-refractivity contribution is 0.0595. The zero-order valence-corrected chi connectivity index (χ0v) is 12.9. The summed E-state index contributed by atoms with van der Waals surface area (Å²) in [7, 11) is 5.49. The van der Waals surface area contributed by atoms with E-state index in [1.54, 1.807) is 0 Å². The van der Waals surface area contributed by atoms with Gasteiger partial charge < -0.3 is 18.9 Å². The van der Waals surface area contributed by atoms with Crippen LogP contribution >= 0.6 is 22.7 Å². The van der Waals surface area contributed by atoms with Crippen molar-refractivity contribution in [2.24, 2.45) is 0 Å². The highest BCUT2D eigenvalue weighted by molar-refractivity contribution is 7.40. The number of hydrogen-bond acceptors (Lipinski definition) is 8. The van der Waals surface area contributed by atoms with Crippen LogP contribution in [-0.4, -0.2) is 40.4 Å². The normalized spacial score (nSPS) is 10.4. The van der Waals surface area contributed by atoms with E-state index in [-0.39, 0.29) is 0 Å². The summed E-state index contributed by atoms with van der Waals surface area (Å²) in [6.45, 7) is 0. The number of methoxy groups -OCH3 is 4. The fraction of sp³-hybridized carbons (Fsp3) is 0.333. The quantitative estimate of drug-likeness (QED) is 0.807. The lowest BCUT2D eigenvalue weighted by Gasteiger charge is -2.04. The zero-order valence-electron chi connectivity index (χ0n) is 11.3. The molecule has 0 spiro atoms. The standard InChI is InChI=1S/C12H12O6S2/c1-15-6-5-7(16-2)9(11(14)18-4)20-12(5)19-8(6)10(13)17-3/h1-4H3. The van der Waals surface area contributed by atoms with Gasteiger partial charge >= 0.3 is 11.9 Å². The molecule has 2 aromatic heterocycles. The van der Waals surface area contributed by atoms with Gasteiger partial charge in [0.05, 0.1) is 37.8 Å². The van der Waals surface area contributed by atoms with Crippen LogP contribution in [0, 0.1) is 0 Å². The smallest absolute Gasteiger partial charge is 0.351 e. The zero-order chi connectivity index (χ0) is 14.9. The number of esters is 2. The van der Waals surface area contributed by atoms with E-state index in [0.29, 0.717) is 26.6 Å². The van der Waals surface area contributed by atoms with Crippen LogP contribution in [0.5, 0.6) is 11.5 Å². The lowest BCUT2D eigenvalue weighted by atomic mass is 10.2. The van der Waals surface area contributed by atoms with Gasteiger partial charge in [0.2, 0.25) is 0 Å². The van der Waals surface area contributed by atoms with Crippen molar-refractivity contribution in [2.45, 2.75) is 0 Å². The Morgan fingerprint density at radius 1 is 0.800 bits per heavy atom. The highest BCUT2D eigenvalue weighted by atomic mass is 32.2. The van der Waals surface area contributed by atoms with Crippen molar-refractivity contribution in [3.63, 3.8) is 0 Å². The second-order valence-corrected chi connectivity index (χ2v) is 5.87. The lowest BCUT2D eigenvalue weighted by Crippen LogP contribution is -2.02. The minimum Gasteiger partial charge on any atom is -0.494 e. The summed E-state index contributed by atoms with van der Waals surface area (Å²) in [5.74, 6) is -0.283. The van der Waals surface area contributed by atoms with E-state index in [2.05, 4.69) is 0 Å². The van der Waals surface area contributed by atoms with Crippen molar-refractivity contribution in [3.8, 4) is 11.5 Å². The van der Waals surface area contributed by atoms with E-state index >= 15 is 0 Å². The highest BCUT2D eigenvalue weighted by Crippen LogP contribution is 2.49. The van der Waals surface area contributed by atoms with E-state index in [4.69, 9.17) is 18.9 Å². The van der Waals surface area contributed by atoms with Gasteiger partial charge in [-0.1, -0.05) is 0 Å². The van der Waals surface area contributed by atoms with E-state index in [9.17, 15) is 9.59 Å². The van der Waals surface area contributed by atoms with Gasteiger partial charge in [-0.3, -0.25) is 0 Å². The maximum Gasteiger partial charge on any atom is 0.351 e. The maximum atomic E-state index is 11.7. The summed E-state index contributed by atoms with van der Waals surface area (Å²) in [5.41, 5.74) is 0. The topological polar surface area (TPSA) is 71.1 Å². The molecule has 0 aliphatic carbocycles. The number of hydrogen-bond donors (Lipinski definition) is 0. The van der Waals surface area contributed by atoms with Crippen LogP contribution in [0.4, 0.5) is 0 Å². The van der Waals surface area contributed by atoms with Crippen molar-refractivity contribution in [1.82, 2.24) is 0 Å². The number of carbonyl (C=O) groups excluding carboxylic acids is 2. The highest BCUT2D eigenvalue weighted by Gasteiger charge is 2.29. The number of carbonyl (C=O) groups is 2. The predicted molar refractivity (Wildman–Crippen MR) is 75.5 cm³/mol. The molecule has 0 atom stereocenters. The van der Waals surface area contributed by atoms with Gasteiger partial charge in [-0.25, -0.2) is 9.59 Å². The fourth-order valence-corrected chi connectivity index (χ4v) is 4.26. The Bertz CT molecular complexity index is 616. The average Bonchev–Trinajstić information content (AvgIpc) is 3.00. The van der Waals surface area contributed by atoms with Crippen molar-refractivity contribution >= 4 is 44.0 Å². The summed E-state index contributed by atoms with van der Waals surface area (Å²) in [4.78, 5) is 24.1. The molecule has 0 bridgehead atoms. The molecule has 0 unspecified atom stereocenters. The molecular weight excluding hydrogens is 304 g/mol. The van der Waals surface area contributed by atoms with Crippen LogP contribution < -0.4 is 9.47 Å². The number of ether oxygens (including phenoxy) is 4. The Labute approximate surface area is 122 Å². The molecule has 0 aliphatic rings. The van der Waals surface area contributed by atoms with E-state index < -0.39 is 11.9 Å². The molecule has 0 aliphatic heterocycles. The van der Waals surface area contributed by atoms with Gasteiger partial charge in [0, 0.05) is 0 Å². The molecule has 0 N–H and O–H groups in total. The van der Waals surface area contributed by atoms with Crippen molar-refractivity contribution in [3.05, 3.63) is 9.75 Å². The molecule has 6 nitrogen and oxygen atoms in total. The third kappa shape index (κ3) is 2.10. The first kappa shape index (κ1) is 14.6. The third-order valence-corrected chi connectivity index (χ3v) is 5.00.